The number of nitrogens with one attached hydrogen (secondary N) is 1. The zero-order chi connectivity index (χ0) is 23.0. The standard InChI is InChI=1S/C21H15F5N2O4/c22-14-11(15(23)17(25)18(26)16(14)24)9-13(29)27-19-10-3-1-2-4-12(10)32-20(19)21(30)28-5-7-31-8-6-28/h1-4H,5-9H2,(H,27,29). The Morgan fingerprint density at radius 1 is 0.906 bits per heavy atom. The number of ether oxygens (including phenoxy) is 1. The van der Waals surface area contributed by atoms with E-state index in [0.717, 1.165) is 0 Å². The van der Waals surface area contributed by atoms with E-state index in [1.54, 1.807) is 24.3 Å². The van der Waals surface area contributed by atoms with Crippen LogP contribution in [-0.2, 0) is 16.0 Å². The van der Waals surface area contributed by atoms with Crippen LogP contribution >= 0.6 is 0 Å². The van der Waals surface area contributed by atoms with Crippen LogP contribution in [0.25, 0.3) is 11.0 Å². The summed E-state index contributed by atoms with van der Waals surface area (Å²) in [7, 11) is 0. The average molecular weight is 454 g/mol. The van der Waals surface area contributed by atoms with E-state index in [2.05, 4.69) is 5.32 Å². The molecule has 168 valence electrons. The molecular formula is C21H15F5N2O4. The summed E-state index contributed by atoms with van der Waals surface area (Å²) in [5.41, 5.74) is -1.09. The van der Waals surface area contributed by atoms with Crippen LogP contribution in [0.1, 0.15) is 16.1 Å². The van der Waals surface area contributed by atoms with Crippen LogP contribution in [0, 0.1) is 29.1 Å². The lowest BCUT2D eigenvalue weighted by molar-refractivity contribution is -0.115. The van der Waals surface area contributed by atoms with Gasteiger partial charge in [-0.15, -0.1) is 0 Å². The number of furan rings is 1. The van der Waals surface area contributed by atoms with Crippen LogP contribution in [0.15, 0.2) is 28.7 Å². The molecule has 1 saturated heterocycles. The zero-order valence-corrected chi connectivity index (χ0v) is 16.3. The van der Waals surface area contributed by atoms with Gasteiger partial charge in [0.1, 0.15) is 11.3 Å². The number of hydrogen-bond acceptors (Lipinski definition) is 4. The Morgan fingerprint density at radius 3 is 2.16 bits per heavy atom. The third-order valence-corrected chi connectivity index (χ3v) is 4.99. The number of carbonyl (C=O) groups is 2. The van der Waals surface area contributed by atoms with Crippen LogP contribution < -0.4 is 5.32 Å². The number of amides is 2. The van der Waals surface area contributed by atoms with E-state index in [0.29, 0.717) is 18.6 Å². The number of anilines is 1. The highest BCUT2D eigenvalue weighted by Gasteiger charge is 2.30. The fraction of sp³-hybridized carbons (Fsp3) is 0.238. The molecule has 1 aliphatic heterocycles. The molecule has 6 nitrogen and oxygen atoms in total. The first-order chi connectivity index (χ1) is 15.3. The quantitative estimate of drug-likeness (QED) is 0.370. The second kappa shape index (κ2) is 8.58. The highest BCUT2D eigenvalue weighted by molar-refractivity contribution is 6.11. The lowest BCUT2D eigenvalue weighted by Crippen LogP contribution is -2.40. The lowest BCUT2D eigenvalue weighted by atomic mass is 10.1. The van der Waals surface area contributed by atoms with E-state index in [4.69, 9.17) is 9.15 Å². The molecule has 1 N–H and O–H groups in total. The summed E-state index contributed by atoms with van der Waals surface area (Å²) in [6.07, 6.45) is -1.16. The van der Waals surface area contributed by atoms with Gasteiger partial charge in [0, 0.05) is 24.0 Å². The number of fused-ring (bicyclic) bond motifs is 1. The van der Waals surface area contributed by atoms with E-state index >= 15 is 0 Å². The molecule has 0 saturated carbocycles. The van der Waals surface area contributed by atoms with E-state index < -0.39 is 52.9 Å². The van der Waals surface area contributed by atoms with Crippen molar-refractivity contribution in [3.8, 4) is 0 Å². The molecule has 2 aromatic carbocycles. The Kier molecular flexibility index (Phi) is 5.83. The molecule has 0 radical (unpaired) electrons. The predicted molar refractivity (Wildman–Crippen MR) is 102 cm³/mol. The largest absolute Gasteiger partial charge is 0.449 e. The lowest BCUT2D eigenvalue weighted by Gasteiger charge is -2.26. The number of hydrogen-bond donors (Lipinski definition) is 1. The van der Waals surface area contributed by atoms with Gasteiger partial charge in [0.2, 0.25) is 17.5 Å². The zero-order valence-electron chi connectivity index (χ0n) is 16.3. The maximum atomic E-state index is 14.0. The topological polar surface area (TPSA) is 71.8 Å². The molecule has 0 atom stereocenters. The number of halogens is 5. The summed E-state index contributed by atoms with van der Waals surface area (Å²) in [6, 6.07) is 6.34. The molecule has 11 heteroatoms. The fourth-order valence-corrected chi connectivity index (χ4v) is 3.38. The van der Waals surface area contributed by atoms with Gasteiger partial charge in [-0.3, -0.25) is 9.59 Å². The van der Waals surface area contributed by atoms with Crippen molar-refractivity contribution in [1.82, 2.24) is 4.90 Å². The van der Waals surface area contributed by atoms with Gasteiger partial charge < -0.3 is 19.4 Å². The first-order valence-electron chi connectivity index (χ1n) is 9.48. The van der Waals surface area contributed by atoms with Gasteiger partial charge in [0.25, 0.3) is 5.91 Å². The Bertz CT molecular complexity index is 1190. The van der Waals surface area contributed by atoms with Crippen molar-refractivity contribution in [1.29, 1.82) is 0 Å². The molecule has 0 aliphatic carbocycles. The van der Waals surface area contributed by atoms with E-state index in [1.165, 1.54) is 4.90 Å². The Morgan fingerprint density at radius 2 is 1.50 bits per heavy atom. The van der Waals surface area contributed by atoms with Gasteiger partial charge in [-0.25, -0.2) is 22.0 Å². The molecule has 32 heavy (non-hydrogen) atoms. The summed E-state index contributed by atoms with van der Waals surface area (Å²) in [5.74, 6) is -12.7. The maximum Gasteiger partial charge on any atom is 0.291 e. The highest BCUT2D eigenvalue weighted by Crippen LogP contribution is 2.32. The molecular weight excluding hydrogens is 439 g/mol. The molecule has 0 spiro atoms. The van der Waals surface area contributed by atoms with Crippen molar-refractivity contribution in [2.45, 2.75) is 6.42 Å². The number of carbonyl (C=O) groups excluding carboxylic acids is 2. The molecule has 2 amide bonds. The van der Waals surface area contributed by atoms with E-state index in [-0.39, 0.29) is 30.1 Å². The normalized spacial score (nSPS) is 14.1. The van der Waals surface area contributed by atoms with Gasteiger partial charge in [0.15, 0.2) is 23.3 Å². The van der Waals surface area contributed by atoms with Crippen molar-refractivity contribution in [2.24, 2.45) is 0 Å². The first kappa shape index (κ1) is 21.8. The van der Waals surface area contributed by atoms with Crippen LogP contribution in [0.2, 0.25) is 0 Å². The number of para-hydroxylation sites is 1. The van der Waals surface area contributed by atoms with Crippen LogP contribution in [0.4, 0.5) is 27.6 Å². The van der Waals surface area contributed by atoms with Gasteiger partial charge in [-0.2, -0.15) is 0 Å². The molecule has 0 unspecified atom stereocenters. The minimum absolute atomic E-state index is 0.0639. The summed E-state index contributed by atoms with van der Waals surface area (Å²) < 4.78 is 78.8. The summed E-state index contributed by atoms with van der Waals surface area (Å²) in [5, 5.41) is 2.66. The van der Waals surface area contributed by atoms with Gasteiger partial charge >= 0.3 is 0 Å². The number of morpholine rings is 1. The summed E-state index contributed by atoms with van der Waals surface area (Å²) in [6.45, 7) is 1.20. The number of nitrogens with zero attached hydrogens (tertiary/aromatic N) is 1. The molecule has 1 aromatic heterocycles. The first-order valence-corrected chi connectivity index (χ1v) is 9.48. The Labute approximate surface area is 177 Å². The van der Waals surface area contributed by atoms with Crippen molar-refractivity contribution < 1.29 is 40.7 Å². The molecule has 4 rings (SSSR count). The summed E-state index contributed by atoms with van der Waals surface area (Å²) in [4.78, 5) is 26.9. The van der Waals surface area contributed by atoms with Crippen LogP contribution in [0.5, 0.6) is 0 Å². The Balaban J connectivity index is 1.67. The number of benzene rings is 2. The number of rotatable bonds is 4. The molecule has 2 heterocycles. The van der Waals surface area contributed by atoms with Crippen LogP contribution in [0.3, 0.4) is 0 Å². The fourth-order valence-electron chi connectivity index (χ4n) is 3.38. The van der Waals surface area contributed by atoms with Gasteiger partial charge in [-0.1, -0.05) is 12.1 Å². The SMILES string of the molecule is O=C(Cc1c(F)c(F)c(F)c(F)c1F)Nc1c(C(=O)N2CCOCC2)oc2ccccc12. The smallest absolute Gasteiger partial charge is 0.291 e. The Hall–Kier alpha value is -3.47. The molecule has 1 aliphatic rings. The summed E-state index contributed by atoms with van der Waals surface area (Å²) >= 11 is 0. The molecule has 1 fully saturated rings. The third kappa shape index (κ3) is 3.79. The second-order valence-corrected chi connectivity index (χ2v) is 6.98. The third-order valence-electron chi connectivity index (χ3n) is 4.99. The van der Waals surface area contributed by atoms with Crippen molar-refractivity contribution >= 4 is 28.5 Å². The van der Waals surface area contributed by atoms with E-state index in [9.17, 15) is 31.5 Å². The highest BCUT2D eigenvalue weighted by atomic mass is 19.2. The predicted octanol–water partition coefficient (Wildman–Crippen LogP) is 3.78. The van der Waals surface area contributed by atoms with Crippen LogP contribution in [-0.4, -0.2) is 43.0 Å². The second-order valence-electron chi connectivity index (χ2n) is 6.98. The monoisotopic (exact) mass is 454 g/mol. The van der Waals surface area contributed by atoms with Crippen molar-refractivity contribution in [3.63, 3.8) is 0 Å². The molecule has 3 aromatic rings. The minimum Gasteiger partial charge on any atom is -0.449 e. The van der Waals surface area contributed by atoms with E-state index in [1.807, 2.05) is 0 Å². The van der Waals surface area contributed by atoms with Crippen molar-refractivity contribution in [2.75, 3.05) is 31.6 Å². The minimum atomic E-state index is -2.32. The average Bonchev–Trinajstić information content (AvgIpc) is 3.17. The van der Waals surface area contributed by atoms with Gasteiger partial charge in [-0.05, 0) is 12.1 Å². The maximum absolute atomic E-state index is 14.0. The molecule has 0 bridgehead atoms. The van der Waals surface area contributed by atoms with Gasteiger partial charge in [0.05, 0.1) is 19.6 Å². The van der Waals surface area contributed by atoms with Crippen molar-refractivity contribution in [3.05, 3.63) is 64.7 Å².